The van der Waals surface area contributed by atoms with Crippen LogP contribution in [0, 0.1) is 17.5 Å². The summed E-state index contributed by atoms with van der Waals surface area (Å²) in [7, 11) is 0. The SMILES string of the molecule is CCn1c(CN2C(=O)NC(C)(c3cc(F)ccc3F)C2=O)nc2cc(F)ccc21. The lowest BCUT2D eigenvalue weighted by Gasteiger charge is -2.22. The highest BCUT2D eigenvalue weighted by molar-refractivity contribution is 6.07. The molecular weight excluding hydrogens is 385 g/mol. The van der Waals surface area contributed by atoms with E-state index in [0.29, 0.717) is 23.4 Å². The number of benzene rings is 2. The van der Waals surface area contributed by atoms with E-state index in [-0.39, 0.29) is 12.1 Å². The van der Waals surface area contributed by atoms with E-state index in [2.05, 4.69) is 10.3 Å². The quantitative estimate of drug-likeness (QED) is 0.680. The zero-order valence-corrected chi connectivity index (χ0v) is 15.7. The monoisotopic (exact) mass is 402 g/mol. The second-order valence-electron chi connectivity index (χ2n) is 6.98. The predicted octanol–water partition coefficient (Wildman–Crippen LogP) is 3.44. The summed E-state index contributed by atoms with van der Waals surface area (Å²) >= 11 is 0. The number of imide groups is 1. The van der Waals surface area contributed by atoms with Gasteiger partial charge in [0.2, 0.25) is 0 Å². The Morgan fingerprint density at radius 3 is 2.48 bits per heavy atom. The maximum absolute atomic E-state index is 14.3. The molecule has 0 bridgehead atoms. The first-order chi connectivity index (χ1) is 13.7. The number of carbonyl (C=O) groups is 2. The van der Waals surface area contributed by atoms with Crippen molar-refractivity contribution in [1.29, 1.82) is 0 Å². The summed E-state index contributed by atoms with van der Waals surface area (Å²) in [6.07, 6.45) is 0. The van der Waals surface area contributed by atoms with Crippen molar-refractivity contribution in [2.45, 2.75) is 32.5 Å². The van der Waals surface area contributed by atoms with Crippen LogP contribution in [0.15, 0.2) is 36.4 Å². The van der Waals surface area contributed by atoms with Gasteiger partial charge in [-0.25, -0.2) is 22.9 Å². The number of aromatic nitrogens is 2. The van der Waals surface area contributed by atoms with E-state index in [0.717, 1.165) is 23.1 Å². The zero-order chi connectivity index (χ0) is 20.9. The number of fused-ring (bicyclic) bond motifs is 1. The molecule has 1 aliphatic heterocycles. The number of rotatable bonds is 4. The molecule has 1 saturated heterocycles. The van der Waals surface area contributed by atoms with Crippen molar-refractivity contribution in [3.63, 3.8) is 0 Å². The van der Waals surface area contributed by atoms with Gasteiger partial charge < -0.3 is 9.88 Å². The summed E-state index contributed by atoms with van der Waals surface area (Å²) < 4.78 is 43.2. The number of amides is 3. The lowest BCUT2D eigenvalue weighted by Crippen LogP contribution is -2.41. The van der Waals surface area contributed by atoms with Crippen molar-refractivity contribution in [3.8, 4) is 0 Å². The molecule has 1 N–H and O–H groups in total. The van der Waals surface area contributed by atoms with Crippen LogP contribution in [0.25, 0.3) is 11.0 Å². The largest absolute Gasteiger partial charge is 0.327 e. The van der Waals surface area contributed by atoms with E-state index >= 15 is 0 Å². The average molecular weight is 402 g/mol. The Balaban J connectivity index is 1.72. The van der Waals surface area contributed by atoms with Crippen molar-refractivity contribution >= 4 is 23.0 Å². The van der Waals surface area contributed by atoms with Gasteiger partial charge >= 0.3 is 6.03 Å². The van der Waals surface area contributed by atoms with Crippen molar-refractivity contribution in [1.82, 2.24) is 19.8 Å². The highest BCUT2D eigenvalue weighted by atomic mass is 19.1. The summed E-state index contributed by atoms with van der Waals surface area (Å²) in [5, 5.41) is 2.45. The number of hydrogen-bond acceptors (Lipinski definition) is 3. The van der Waals surface area contributed by atoms with Gasteiger partial charge in [0.15, 0.2) is 0 Å². The molecule has 2 heterocycles. The van der Waals surface area contributed by atoms with Crippen molar-refractivity contribution < 1.29 is 22.8 Å². The summed E-state index contributed by atoms with van der Waals surface area (Å²) in [6, 6.07) is 6.12. The summed E-state index contributed by atoms with van der Waals surface area (Å²) in [5.74, 6) is -2.33. The van der Waals surface area contributed by atoms with Crippen LogP contribution in [0.4, 0.5) is 18.0 Å². The highest BCUT2D eigenvalue weighted by Crippen LogP contribution is 2.32. The maximum atomic E-state index is 14.3. The first-order valence-electron chi connectivity index (χ1n) is 8.99. The lowest BCUT2D eigenvalue weighted by atomic mass is 9.91. The van der Waals surface area contributed by atoms with Crippen LogP contribution < -0.4 is 5.32 Å². The van der Waals surface area contributed by atoms with Crippen LogP contribution in [-0.2, 0) is 23.4 Å². The van der Waals surface area contributed by atoms with E-state index in [9.17, 15) is 22.8 Å². The number of urea groups is 1. The molecule has 29 heavy (non-hydrogen) atoms. The number of hydrogen-bond donors (Lipinski definition) is 1. The van der Waals surface area contributed by atoms with Crippen LogP contribution in [0.1, 0.15) is 25.2 Å². The third-order valence-electron chi connectivity index (χ3n) is 5.15. The fourth-order valence-electron chi connectivity index (χ4n) is 3.67. The minimum absolute atomic E-state index is 0.193. The van der Waals surface area contributed by atoms with E-state index in [1.807, 2.05) is 6.92 Å². The van der Waals surface area contributed by atoms with Crippen LogP contribution >= 0.6 is 0 Å². The fourth-order valence-corrected chi connectivity index (χ4v) is 3.67. The number of imidazole rings is 1. The molecule has 0 radical (unpaired) electrons. The molecular formula is C20H17F3N4O2. The molecule has 0 saturated carbocycles. The Bertz CT molecular complexity index is 1160. The van der Waals surface area contributed by atoms with Crippen molar-refractivity contribution in [2.24, 2.45) is 0 Å². The minimum atomic E-state index is -1.75. The third-order valence-corrected chi connectivity index (χ3v) is 5.15. The molecule has 0 aliphatic carbocycles. The molecule has 1 unspecified atom stereocenters. The summed E-state index contributed by atoms with van der Waals surface area (Å²) in [4.78, 5) is 30.8. The molecule has 0 spiro atoms. The molecule has 4 rings (SSSR count). The molecule has 1 aromatic heterocycles. The number of carbonyl (C=O) groups excluding carboxylic acids is 2. The Labute approximate surface area is 163 Å². The van der Waals surface area contributed by atoms with Gasteiger partial charge in [0.1, 0.15) is 28.8 Å². The molecule has 2 aromatic carbocycles. The molecule has 3 amide bonds. The first-order valence-corrected chi connectivity index (χ1v) is 8.99. The second kappa shape index (κ2) is 6.61. The normalized spacial score (nSPS) is 19.3. The number of aryl methyl sites for hydroxylation is 1. The Hall–Kier alpha value is -3.36. The molecule has 1 aliphatic rings. The summed E-state index contributed by atoms with van der Waals surface area (Å²) in [6.45, 7) is 3.47. The van der Waals surface area contributed by atoms with Gasteiger partial charge in [-0.1, -0.05) is 0 Å². The Morgan fingerprint density at radius 1 is 1.07 bits per heavy atom. The second-order valence-corrected chi connectivity index (χ2v) is 6.98. The molecule has 3 aromatic rings. The number of nitrogens with one attached hydrogen (secondary N) is 1. The molecule has 1 atom stereocenters. The summed E-state index contributed by atoms with van der Waals surface area (Å²) in [5.41, 5.74) is -0.953. The topological polar surface area (TPSA) is 67.2 Å². The van der Waals surface area contributed by atoms with Crippen molar-refractivity contribution in [3.05, 3.63) is 65.2 Å². The van der Waals surface area contributed by atoms with Gasteiger partial charge in [-0.2, -0.15) is 0 Å². The van der Waals surface area contributed by atoms with Crippen molar-refractivity contribution in [2.75, 3.05) is 0 Å². The fraction of sp³-hybridized carbons (Fsp3) is 0.250. The molecule has 1 fully saturated rings. The Morgan fingerprint density at radius 2 is 1.76 bits per heavy atom. The van der Waals surface area contributed by atoms with Crippen LogP contribution in [0.2, 0.25) is 0 Å². The van der Waals surface area contributed by atoms with Gasteiger partial charge in [-0.15, -0.1) is 0 Å². The van der Waals surface area contributed by atoms with Gasteiger partial charge in [-0.05, 0) is 44.2 Å². The smallest absolute Gasteiger partial charge is 0.325 e. The van der Waals surface area contributed by atoms with Gasteiger partial charge in [0.25, 0.3) is 5.91 Å². The van der Waals surface area contributed by atoms with Crippen LogP contribution in [0.5, 0.6) is 0 Å². The first kappa shape index (κ1) is 19.0. The average Bonchev–Trinajstić information content (AvgIpc) is 3.12. The van der Waals surface area contributed by atoms with E-state index in [1.165, 1.54) is 19.1 Å². The van der Waals surface area contributed by atoms with E-state index in [1.54, 1.807) is 10.6 Å². The third kappa shape index (κ3) is 2.93. The predicted molar refractivity (Wildman–Crippen MR) is 98.2 cm³/mol. The zero-order valence-electron chi connectivity index (χ0n) is 15.7. The van der Waals surface area contributed by atoms with Crippen LogP contribution in [0.3, 0.4) is 0 Å². The van der Waals surface area contributed by atoms with E-state index < -0.39 is 34.9 Å². The Kier molecular flexibility index (Phi) is 4.33. The molecule has 150 valence electrons. The van der Waals surface area contributed by atoms with Gasteiger partial charge in [0, 0.05) is 18.2 Å². The minimum Gasteiger partial charge on any atom is -0.327 e. The van der Waals surface area contributed by atoms with Gasteiger partial charge in [0.05, 0.1) is 17.6 Å². The number of halogens is 3. The lowest BCUT2D eigenvalue weighted by molar-refractivity contribution is -0.131. The van der Waals surface area contributed by atoms with E-state index in [4.69, 9.17) is 0 Å². The maximum Gasteiger partial charge on any atom is 0.325 e. The molecule has 6 nitrogen and oxygen atoms in total. The molecule has 9 heteroatoms. The highest BCUT2D eigenvalue weighted by Gasteiger charge is 2.50. The number of nitrogens with zero attached hydrogens (tertiary/aromatic N) is 3. The standard InChI is InChI=1S/C20H17F3N4O2/c1-3-26-16-7-5-12(22)9-15(16)24-17(26)10-27-18(28)20(2,25-19(27)29)13-8-11(21)4-6-14(13)23/h4-9H,3,10H2,1-2H3,(H,25,29). The van der Waals surface area contributed by atoms with Crippen LogP contribution in [-0.4, -0.2) is 26.4 Å². The van der Waals surface area contributed by atoms with Gasteiger partial charge in [-0.3, -0.25) is 9.69 Å².